The molecular formula is C23H22N2O3S. The molecule has 0 heterocycles. The number of anilines is 2. The molecule has 0 unspecified atom stereocenters. The highest BCUT2D eigenvalue weighted by atomic mass is 32.2. The van der Waals surface area contributed by atoms with E-state index in [1.807, 2.05) is 6.92 Å². The molecule has 2 N–H and O–H groups in total. The van der Waals surface area contributed by atoms with Crippen LogP contribution in [-0.2, 0) is 14.8 Å². The number of Topliss-reactive ketones (excluding diaryl/α,β-unsaturated/α-hetero) is 1. The van der Waals surface area contributed by atoms with Crippen molar-refractivity contribution >= 4 is 27.2 Å². The van der Waals surface area contributed by atoms with Crippen LogP contribution in [0.3, 0.4) is 0 Å². The molecule has 0 spiro atoms. The van der Waals surface area contributed by atoms with Gasteiger partial charge in [-0.05, 0) is 43.7 Å². The Morgan fingerprint density at radius 2 is 1.72 bits per heavy atom. The molecule has 0 saturated heterocycles. The molecule has 0 amide bonds. The number of para-hydroxylation sites is 2. The standard InChI is InChI=1S/C23H22N2O3S/c1-3-7-18-8-6-9-19(23(18)26)16-24-21-10-4-5-11-22(21)25-29(27,28)20-14-12-17(2)13-15-20/h3-6,8-16,24-25H,1,7H2,2H3/b19-16+. The van der Waals surface area contributed by atoms with Crippen LogP contribution >= 0.6 is 0 Å². The fourth-order valence-electron chi connectivity index (χ4n) is 2.81. The van der Waals surface area contributed by atoms with Gasteiger partial charge in [0.25, 0.3) is 10.0 Å². The van der Waals surface area contributed by atoms with Gasteiger partial charge >= 0.3 is 0 Å². The van der Waals surface area contributed by atoms with Gasteiger partial charge in [-0.2, -0.15) is 0 Å². The van der Waals surface area contributed by atoms with E-state index in [-0.39, 0.29) is 10.7 Å². The first-order valence-corrected chi connectivity index (χ1v) is 10.6. The summed E-state index contributed by atoms with van der Waals surface area (Å²) in [5, 5.41) is 3.05. The molecule has 0 atom stereocenters. The number of aryl methyl sites for hydroxylation is 1. The zero-order valence-corrected chi connectivity index (χ0v) is 16.9. The Morgan fingerprint density at radius 3 is 2.41 bits per heavy atom. The number of sulfonamides is 1. The van der Waals surface area contributed by atoms with Crippen LogP contribution in [-0.4, -0.2) is 14.2 Å². The highest BCUT2D eigenvalue weighted by molar-refractivity contribution is 7.92. The first kappa shape index (κ1) is 20.4. The van der Waals surface area contributed by atoms with E-state index in [1.54, 1.807) is 79.0 Å². The van der Waals surface area contributed by atoms with E-state index in [4.69, 9.17) is 0 Å². The van der Waals surface area contributed by atoms with E-state index in [0.29, 0.717) is 28.9 Å². The molecule has 0 bridgehead atoms. The average molecular weight is 407 g/mol. The summed E-state index contributed by atoms with van der Waals surface area (Å²) in [6, 6.07) is 13.5. The molecule has 0 aliphatic heterocycles. The minimum Gasteiger partial charge on any atom is -0.359 e. The lowest BCUT2D eigenvalue weighted by atomic mass is 9.96. The lowest BCUT2D eigenvalue weighted by molar-refractivity contribution is -0.112. The molecule has 29 heavy (non-hydrogen) atoms. The maximum Gasteiger partial charge on any atom is 0.261 e. The second kappa shape index (κ2) is 8.75. The van der Waals surface area contributed by atoms with Gasteiger partial charge in [0, 0.05) is 17.3 Å². The molecule has 3 rings (SSSR count). The highest BCUT2D eigenvalue weighted by Crippen LogP contribution is 2.25. The van der Waals surface area contributed by atoms with Crippen molar-refractivity contribution in [2.24, 2.45) is 0 Å². The van der Waals surface area contributed by atoms with Gasteiger partial charge < -0.3 is 5.32 Å². The van der Waals surface area contributed by atoms with E-state index in [2.05, 4.69) is 16.6 Å². The molecule has 2 aromatic rings. The zero-order chi connectivity index (χ0) is 20.9. The molecule has 2 aromatic carbocycles. The van der Waals surface area contributed by atoms with E-state index in [1.165, 1.54) is 0 Å². The maximum absolute atomic E-state index is 12.7. The van der Waals surface area contributed by atoms with Gasteiger partial charge in [0.2, 0.25) is 0 Å². The van der Waals surface area contributed by atoms with Gasteiger partial charge in [-0.25, -0.2) is 8.42 Å². The van der Waals surface area contributed by atoms with Gasteiger partial charge in [0.05, 0.1) is 16.3 Å². The minimum absolute atomic E-state index is 0.0855. The van der Waals surface area contributed by atoms with Crippen molar-refractivity contribution in [3.05, 3.63) is 102 Å². The SMILES string of the molecule is C=CCC1=CC=C/C(=C\Nc2ccccc2NS(=O)(=O)c2ccc(C)cc2)C1=O. The Labute approximate surface area is 171 Å². The van der Waals surface area contributed by atoms with Crippen molar-refractivity contribution < 1.29 is 13.2 Å². The number of carbonyl (C=O) groups excluding carboxylic acids is 1. The normalized spacial score (nSPS) is 15.1. The summed E-state index contributed by atoms with van der Waals surface area (Å²) in [5.41, 5.74) is 3.05. The van der Waals surface area contributed by atoms with Gasteiger partial charge in [0.15, 0.2) is 5.78 Å². The number of hydrogen-bond donors (Lipinski definition) is 2. The van der Waals surface area contributed by atoms with Gasteiger partial charge in [-0.3, -0.25) is 9.52 Å². The Hall–Kier alpha value is -3.38. The lowest BCUT2D eigenvalue weighted by Gasteiger charge is -2.14. The molecule has 1 aliphatic carbocycles. The number of hydrogen-bond acceptors (Lipinski definition) is 4. The molecule has 0 saturated carbocycles. The van der Waals surface area contributed by atoms with Crippen LogP contribution < -0.4 is 10.0 Å². The molecule has 0 fully saturated rings. The number of allylic oxidation sites excluding steroid dienone is 6. The minimum atomic E-state index is -3.73. The van der Waals surface area contributed by atoms with Crippen molar-refractivity contribution in [3.63, 3.8) is 0 Å². The number of rotatable bonds is 7. The number of benzene rings is 2. The first-order valence-electron chi connectivity index (χ1n) is 9.09. The number of ketones is 1. The fourth-order valence-corrected chi connectivity index (χ4v) is 3.89. The average Bonchev–Trinajstić information content (AvgIpc) is 2.70. The van der Waals surface area contributed by atoms with E-state index < -0.39 is 10.0 Å². The third kappa shape index (κ3) is 4.92. The van der Waals surface area contributed by atoms with Gasteiger partial charge in [-0.1, -0.05) is 48.1 Å². The largest absolute Gasteiger partial charge is 0.359 e. The summed E-state index contributed by atoms with van der Waals surface area (Å²) in [4.78, 5) is 12.7. The van der Waals surface area contributed by atoms with E-state index in [0.717, 1.165) is 5.56 Å². The molecule has 6 heteroatoms. The van der Waals surface area contributed by atoms with Crippen molar-refractivity contribution in [2.45, 2.75) is 18.2 Å². The third-order valence-electron chi connectivity index (χ3n) is 4.38. The summed E-state index contributed by atoms with van der Waals surface area (Å²) in [5.74, 6) is -0.0855. The second-order valence-corrected chi connectivity index (χ2v) is 8.26. The van der Waals surface area contributed by atoms with Crippen LogP contribution in [0.15, 0.2) is 102 Å². The quantitative estimate of drug-likeness (QED) is 0.515. The topological polar surface area (TPSA) is 75.3 Å². The highest BCUT2D eigenvalue weighted by Gasteiger charge is 2.17. The third-order valence-corrected chi connectivity index (χ3v) is 5.76. The van der Waals surface area contributed by atoms with Gasteiger partial charge in [-0.15, -0.1) is 6.58 Å². The Morgan fingerprint density at radius 1 is 1.03 bits per heavy atom. The van der Waals surface area contributed by atoms with Gasteiger partial charge in [0.1, 0.15) is 0 Å². The zero-order valence-electron chi connectivity index (χ0n) is 16.1. The van der Waals surface area contributed by atoms with Crippen LogP contribution in [0.1, 0.15) is 12.0 Å². The fraction of sp³-hybridized carbons (Fsp3) is 0.0870. The molecule has 1 aliphatic rings. The van der Waals surface area contributed by atoms with Crippen molar-refractivity contribution in [2.75, 3.05) is 10.0 Å². The Kier molecular flexibility index (Phi) is 6.14. The van der Waals surface area contributed by atoms with Crippen molar-refractivity contribution in [1.82, 2.24) is 0 Å². The molecule has 5 nitrogen and oxygen atoms in total. The molecular weight excluding hydrogens is 384 g/mol. The number of nitrogens with one attached hydrogen (secondary N) is 2. The smallest absolute Gasteiger partial charge is 0.261 e. The monoisotopic (exact) mass is 406 g/mol. The van der Waals surface area contributed by atoms with Crippen LogP contribution in [0, 0.1) is 6.92 Å². The summed E-state index contributed by atoms with van der Waals surface area (Å²) in [6.07, 6.45) is 9.04. The van der Waals surface area contributed by atoms with Crippen LogP contribution in [0.5, 0.6) is 0 Å². The molecule has 0 radical (unpaired) electrons. The lowest BCUT2D eigenvalue weighted by Crippen LogP contribution is -2.14. The maximum atomic E-state index is 12.7. The Bertz CT molecular complexity index is 1120. The molecule has 0 aromatic heterocycles. The van der Waals surface area contributed by atoms with Crippen LogP contribution in [0.2, 0.25) is 0 Å². The van der Waals surface area contributed by atoms with Crippen molar-refractivity contribution in [1.29, 1.82) is 0 Å². The van der Waals surface area contributed by atoms with Crippen LogP contribution in [0.25, 0.3) is 0 Å². The Balaban J connectivity index is 1.82. The predicted molar refractivity (Wildman–Crippen MR) is 117 cm³/mol. The van der Waals surface area contributed by atoms with Crippen LogP contribution in [0.4, 0.5) is 11.4 Å². The number of carbonyl (C=O) groups is 1. The summed E-state index contributed by atoms with van der Waals surface area (Å²) < 4.78 is 28.0. The predicted octanol–water partition coefficient (Wildman–Crippen LogP) is 4.73. The van der Waals surface area contributed by atoms with Crippen molar-refractivity contribution in [3.8, 4) is 0 Å². The summed E-state index contributed by atoms with van der Waals surface area (Å²) in [7, 11) is -3.73. The first-order chi connectivity index (χ1) is 13.9. The van der Waals surface area contributed by atoms with E-state index in [9.17, 15) is 13.2 Å². The molecule has 148 valence electrons. The van der Waals surface area contributed by atoms with E-state index >= 15 is 0 Å². The summed E-state index contributed by atoms with van der Waals surface area (Å²) in [6.45, 7) is 5.56. The second-order valence-electron chi connectivity index (χ2n) is 6.58. The summed E-state index contributed by atoms with van der Waals surface area (Å²) >= 11 is 0.